The van der Waals surface area contributed by atoms with E-state index in [2.05, 4.69) is 43.0 Å². The standard InChI is InChI=1S/C36H42N4O5/c1-23-12-13-29-27(20-23)25-10-9-11-26(21-25)28-22-30-37-24(2)31(32(34(41)42)45-35(3,4)5)33(40(30)38-28)39-16-14-36(6,15-17-39)44-19-8-7-18-43-29/h7-13,20-22,32H,14-19H2,1-6H3,(H,41,42)/b8-7+/t32-/m0/s1. The first-order valence-electron chi connectivity index (χ1n) is 15.6. The van der Waals surface area contributed by atoms with Gasteiger partial charge < -0.3 is 24.2 Å². The van der Waals surface area contributed by atoms with Crippen LogP contribution in [0.1, 0.15) is 63.5 Å². The monoisotopic (exact) mass is 610 g/mol. The van der Waals surface area contributed by atoms with Crippen molar-refractivity contribution >= 4 is 17.4 Å². The summed E-state index contributed by atoms with van der Waals surface area (Å²) in [5.41, 5.74) is 5.58. The molecule has 2 aromatic carbocycles. The lowest BCUT2D eigenvalue weighted by Crippen LogP contribution is -2.45. The van der Waals surface area contributed by atoms with Crippen LogP contribution in [0.4, 0.5) is 5.82 Å². The number of rotatable bonds is 3. The third kappa shape index (κ3) is 6.46. The van der Waals surface area contributed by atoms with Crippen molar-refractivity contribution in [3.05, 3.63) is 77.5 Å². The molecule has 0 saturated carbocycles. The Morgan fingerprint density at radius 3 is 2.49 bits per heavy atom. The van der Waals surface area contributed by atoms with Gasteiger partial charge >= 0.3 is 5.97 Å². The van der Waals surface area contributed by atoms with Gasteiger partial charge in [0.1, 0.15) is 18.2 Å². The second-order valence-electron chi connectivity index (χ2n) is 13.3. The average molecular weight is 611 g/mol. The summed E-state index contributed by atoms with van der Waals surface area (Å²) in [6.07, 6.45) is 4.33. The largest absolute Gasteiger partial charge is 0.489 e. The molecule has 5 heterocycles. The number of hydrogen-bond acceptors (Lipinski definition) is 7. The summed E-state index contributed by atoms with van der Waals surface area (Å²) < 4.78 is 20.6. The van der Waals surface area contributed by atoms with Gasteiger partial charge in [-0.05, 0) is 84.2 Å². The molecule has 0 amide bonds. The zero-order valence-corrected chi connectivity index (χ0v) is 27.0. The predicted octanol–water partition coefficient (Wildman–Crippen LogP) is 6.95. The van der Waals surface area contributed by atoms with Crippen molar-refractivity contribution in [3.8, 4) is 28.1 Å². The van der Waals surface area contributed by atoms with Gasteiger partial charge in [-0.2, -0.15) is 9.61 Å². The molecule has 4 aromatic rings. The van der Waals surface area contributed by atoms with Crippen LogP contribution < -0.4 is 9.64 Å². The maximum atomic E-state index is 12.8. The zero-order valence-electron chi connectivity index (χ0n) is 27.0. The molecule has 1 fully saturated rings. The fourth-order valence-corrected chi connectivity index (χ4v) is 6.15. The van der Waals surface area contributed by atoms with Crippen LogP contribution in [0.25, 0.3) is 28.0 Å². The maximum Gasteiger partial charge on any atom is 0.337 e. The van der Waals surface area contributed by atoms with Gasteiger partial charge in [0.25, 0.3) is 0 Å². The summed E-state index contributed by atoms with van der Waals surface area (Å²) in [7, 11) is 0. The number of piperidine rings is 1. The number of hydrogen-bond donors (Lipinski definition) is 1. The lowest BCUT2D eigenvalue weighted by molar-refractivity contribution is -0.160. The zero-order chi connectivity index (χ0) is 31.9. The van der Waals surface area contributed by atoms with Gasteiger partial charge in [0, 0.05) is 36.0 Å². The van der Waals surface area contributed by atoms with E-state index in [1.165, 1.54) is 0 Å². The summed E-state index contributed by atoms with van der Waals surface area (Å²) in [6.45, 7) is 13.9. The quantitative estimate of drug-likeness (QED) is 0.249. The minimum atomic E-state index is -1.22. The molecule has 0 radical (unpaired) electrons. The highest BCUT2D eigenvalue weighted by molar-refractivity contribution is 5.80. The van der Waals surface area contributed by atoms with E-state index in [-0.39, 0.29) is 5.60 Å². The van der Waals surface area contributed by atoms with E-state index in [0.29, 0.717) is 49.0 Å². The Kier molecular flexibility index (Phi) is 8.18. The minimum Gasteiger partial charge on any atom is -0.489 e. The third-order valence-electron chi connectivity index (χ3n) is 8.52. The number of benzene rings is 2. The molecule has 45 heavy (non-hydrogen) atoms. The van der Waals surface area contributed by atoms with Crippen molar-refractivity contribution in [2.45, 2.75) is 71.7 Å². The molecule has 236 valence electrons. The summed E-state index contributed by atoms with van der Waals surface area (Å²) in [5.74, 6) is 0.442. The highest BCUT2D eigenvalue weighted by Crippen LogP contribution is 2.39. The van der Waals surface area contributed by atoms with E-state index in [9.17, 15) is 9.90 Å². The van der Waals surface area contributed by atoms with Crippen LogP contribution in [0, 0.1) is 13.8 Å². The van der Waals surface area contributed by atoms with Gasteiger partial charge in [-0.3, -0.25) is 0 Å². The Labute approximate surface area is 264 Å². The van der Waals surface area contributed by atoms with Crippen molar-refractivity contribution < 1.29 is 24.1 Å². The molecule has 0 unspecified atom stereocenters. The van der Waals surface area contributed by atoms with Crippen molar-refractivity contribution in [1.82, 2.24) is 14.6 Å². The molecule has 2 aromatic heterocycles. The van der Waals surface area contributed by atoms with Crippen LogP contribution in [-0.2, 0) is 14.3 Å². The Bertz CT molecular complexity index is 1760. The molecule has 1 saturated heterocycles. The molecular formula is C36H42N4O5. The number of anilines is 1. The van der Waals surface area contributed by atoms with Crippen molar-refractivity contribution in [2.75, 3.05) is 31.2 Å². The van der Waals surface area contributed by atoms with Gasteiger partial charge in [-0.15, -0.1) is 0 Å². The van der Waals surface area contributed by atoms with E-state index < -0.39 is 17.7 Å². The minimum absolute atomic E-state index is 0.321. The van der Waals surface area contributed by atoms with E-state index in [0.717, 1.165) is 46.5 Å². The fourth-order valence-electron chi connectivity index (χ4n) is 6.15. The summed E-state index contributed by atoms with van der Waals surface area (Å²) >= 11 is 0. The number of aryl methyl sites for hydroxylation is 2. The lowest BCUT2D eigenvalue weighted by atomic mass is 9.92. The molecule has 0 aliphatic carbocycles. The van der Waals surface area contributed by atoms with Crippen LogP contribution in [0.3, 0.4) is 0 Å². The average Bonchev–Trinajstić information content (AvgIpc) is 3.41. The molecular weight excluding hydrogens is 568 g/mol. The van der Waals surface area contributed by atoms with Crippen molar-refractivity contribution in [3.63, 3.8) is 0 Å². The van der Waals surface area contributed by atoms with E-state index >= 15 is 0 Å². The number of aliphatic carboxylic acids is 1. The highest BCUT2D eigenvalue weighted by Gasteiger charge is 2.37. The van der Waals surface area contributed by atoms with E-state index in [1.807, 2.05) is 64.1 Å². The maximum absolute atomic E-state index is 12.8. The summed E-state index contributed by atoms with van der Waals surface area (Å²) in [5, 5.41) is 15.5. The Morgan fingerprint density at radius 2 is 1.76 bits per heavy atom. The molecule has 3 aliphatic rings. The Balaban J connectivity index is 1.56. The topological polar surface area (TPSA) is 98.4 Å². The molecule has 7 rings (SSSR count). The van der Waals surface area contributed by atoms with Crippen LogP contribution in [-0.4, -0.2) is 63.2 Å². The smallest absolute Gasteiger partial charge is 0.337 e. The van der Waals surface area contributed by atoms with E-state index in [1.54, 1.807) is 4.52 Å². The van der Waals surface area contributed by atoms with Crippen LogP contribution in [0.15, 0.2) is 60.7 Å². The normalized spacial score (nSPS) is 18.0. The highest BCUT2D eigenvalue weighted by atomic mass is 16.5. The van der Waals surface area contributed by atoms with E-state index in [4.69, 9.17) is 24.3 Å². The number of carboxylic acids is 1. The van der Waals surface area contributed by atoms with Gasteiger partial charge in [0.2, 0.25) is 0 Å². The fraction of sp³-hybridized carbons (Fsp3) is 0.417. The molecule has 9 nitrogen and oxygen atoms in total. The van der Waals surface area contributed by atoms with Gasteiger partial charge in [-0.1, -0.05) is 35.9 Å². The molecule has 6 bridgehead atoms. The number of nitrogens with zero attached hydrogens (tertiary/aromatic N) is 4. The Hall–Kier alpha value is -4.21. The third-order valence-corrected chi connectivity index (χ3v) is 8.52. The second-order valence-corrected chi connectivity index (χ2v) is 13.3. The molecule has 3 aliphatic heterocycles. The van der Waals surface area contributed by atoms with Crippen LogP contribution >= 0.6 is 0 Å². The number of fused-ring (bicyclic) bond motifs is 6. The SMILES string of the molecule is Cc1ccc2c(c1)-c1cccc(c1)-c1cc3nc(C)c([C@H](OC(C)(C)C)C(=O)O)c(n3n1)N1CCC(C)(CC1)OC/C=C/CO2. The van der Waals surface area contributed by atoms with Gasteiger partial charge in [0.05, 0.1) is 29.1 Å². The number of aromatic nitrogens is 3. The molecule has 1 N–H and O–H groups in total. The van der Waals surface area contributed by atoms with Crippen LogP contribution in [0.5, 0.6) is 5.75 Å². The first kappa shape index (κ1) is 30.8. The Morgan fingerprint density at radius 1 is 1.02 bits per heavy atom. The van der Waals surface area contributed by atoms with Crippen LogP contribution in [0.2, 0.25) is 0 Å². The molecule has 9 heteroatoms. The number of carboxylic acid groups (broad SMARTS) is 1. The summed E-state index contributed by atoms with van der Waals surface area (Å²) in [4.78, 5) is 19.9. The first-order valence-corrected chi connectivity index (χ1v) is 15.6. The molecule has 0 spiro atoms. The van der Waals surface area contributed by atoms with Crippen molar-refractivity contribution in [2.24, 2.45) is 0 Å². The lowest BCUT2D eigenvalue weighted by Gasteiger charge is -2.41. The van der Waals surface area contributed by atoms with Crippen molar-refractivity contribution in [1.29, 1.82) is 0 Å². The van der Waals surface area contributed by atoms with Gasteiger partial charge in [-0.25, -0.2) is 9.78 Å². The molecule has 1 atom stereocenters. The summed E-state index contributed by atoms with van der Waals surface area (Å²) in [6, 6.07) is 16.4. The first-order chi connectivity index (χ1) is 21.4. The number of ether oxygens (including phenoxy) is 3. The predicted molar refractivity (Wildman–Crippen MR) is 175 cm³/mol. The number of carbonyl (C=O) groups is 1. The van der Waals surface area contributed by atoms with Gasteiger partial charge in [0.15, 0.2) is 11.8 Å². The second kappa shape index (κ2) is 11.9.